The Morgan fingerprint density at radius 3 is 2.32 bits per heavy atom. The Labute approximate surface area is 111 Å². The summed E-state index contributed by atoms with van der Waals surface area (Å²) in [5, 5.41) is 2.67. The standard InChI is InChI=1S/C15H15FN2O/c1-9-4-5-13(8-14(9)16)18-15(19)12-6-10(2)17-11(3)7-12/h4-8H,1-3H3,(H,18,19). The van der Waals surface area contributed by atoms with Crippen LogP contribution in [0.4, 0.5) is 10.1 Å². The quantitative estimate of drug-likeness (QED) is 0.897. The highest BCUT2D eigenvalue weighted by Crippen LogP contribution is 2.15. The molecule has 0 aliphatic carbocycles. The van der Waals surface area contributed by atoms with Gasteiger partial charge in [-0.15, -0.1) is 0 Å². The molecule has 0 saturated heterocycles. The number of halogens is 1. The summed E-state index contributed by atoms with van der Waals surface area (Å²) in [7, 11) is 0. The van der Waals surface area contributed by atoms with Crippen molar-refractivity contribution < 1.29 is 9.18 Å². The fraction of sp³-hybridized carbons (Fsp3) is 0.200. The third-order valence-electron chi connectivity index (χ3n) is 2.77. The minimum Gasteiger partial charge on any atom is -0.322 e. The van der Waals surface area contributed by atoms with E-state index in [1.54, 1.807) is 31.2 Å². The van der Waals surface area contributed by atoms with Crippen molar-refractivity contribution >= 4 is 11.6 Å². The first-order chi connectivity index (χ1) is 8.95. The van der Waals surface area contributed by atoms with Gasteiger partial charge in [-0.3, -0.25) is 9.78 Å². The van der Waals surface area contributed by atoms with E-state index in [0.29, 0.717) is 16.8 Å². The number of hydrogen-bond donors (Lipinski definition) is 1. The summed E-state index contributed by atoms with van der Waals surface area (Å²) in [6, 6.07) is 8.03. The molecular formula is C15H15FN2O. The van der Waals surface area contributed by atoms with E-state index < -0.39 is 0 Å². The monoisotopic (exact) mass is 258 g/mol. The van der Waals surface area contributed by atoms with Crippen LogP contribution in [-0.4, -0.2) is 10.9 Å². The van der Waals surface area contributed by atoms with Crippen molar-refractivity contribution in [2.75, 3.05) is 5.32 Å². The number of nitrogens with one attached hydrogen (secondary N) is 1. The van der Waals surface area contributed by atoms with Gasteiger partial charge in [0.25, 0.3) is 5.91 Å². The predicted molar refractivity (Wildman–Crippen MR) is 72.8 cm³/mol. The Morgan fingerprint density at radius 1 is 1.11 bits per heavy atom. The molecular weight excluding hydrogens is 243 g/mol. The van der Waals surface area contributed by atoms with Crippen molar-refractivity contribution in [1.29, 1.82) is 0 Å². The molecule has 0 saturated carbocycles. The molecule has 3 nitrogen and oxygen atoms in total. The molecule has 98 valence electrons. The summed E-state index contributed by atoms with van der Waals surface area (Å²) in [5.41, 5.74) is 3.07. The van der Waals surface area contributed by atoms with Crippen LogP contribution < -0.4 is 5.32 Å². The van der Waals surface area contributed by atoms with E-state index in [1.165, 1.54) is 6.07 Å². The zero-order valence-corrected chi connectivity index (χ0v) is 11.1. The van der Waals surface area contributed by atoms with Crippen molar-refractivity contribution in [3.63, 3.8) is 0 Å². The maximum Gasteiger partial charge on any atom is 0.255 e. The first-order valence-corrected chi connectivity index (χ1v) is 5.98. The lowest BCUT2D eigenvalue weighted by Gasteiger charge is -2.07. The van der Waals surface area contributed by atoms with Gasteiger partial charge in [-0.25, -0.2) is 4.39 Å². The molecule has 2 rings (SSSR count). The summed E-state index contributed by atoms with van der Waals surface area (Å²) in [4.78, 5) is 16.3. The lowest BCUT2D eigenvalue weighted by Crippen LogP contribution is -2.13. The van der Waals surface area contributed by atoms with E-state index >= 15 is 0 Å². The highest BCUT2D eigenvalue weighted by Gasteiger charge is 2.08. The van der Waals surface area contributed by atoms with Gasteiger partial charge in [0.15, 0.2) is 0 Å². The Hall–Kier alpha value is -2.23. The average molecular weight is 258 g/mol. The Kier molecular flexibility index (Phi) is 3.60. The molecule has 0 bridgehead atoms. The topological polar surface area (TPSA) is 42.0 Å². The third-order valence-corrected chi connectivity index (χ3v) is 2.77. The fourth-order valence-electron chi connectivity index (χ4n) is 1.84. The molecule has 1 N–H and O–H groups in total. The SMILES string of the molecule is Cc1cc(C(=O)Nc2ccc(C)c(F)c2)cc(C)n1. The smallest absolute Gasteiger partial charge is 0.255 e. The largest absolute Gasteiger partial charge is 0.322 e. The van der Waals surface area contributed by atoms with Crippen LogP contribution in [0.2, 0.25) is 0 Å². The van der Waals surface area contributed by atoms with Gasteiger partial charge in [-0.05, 0) is 50.6 Å². The van der Waals surface area contributed by atoms with Crippen LogP contribution >= 0.6 is 0 Å². The molecule has 0 unspecified atom stereocenters. The lowest BCUT2D eigenvalue weighted by atomic mass is 10.1. The van der Waals surface area contributed by atoms with E-state index in [1.807, 2.05) is 13.8 Å². The third kappa shape index (κ3) is 3.16. The minimum absolute atomic E-state index is 0.267. The van der Waals surface area contributed by atoms with Crippen LogP contribution in [-0.2, 0) is 0 Å². The zero-order chi connectivity index (χ0) is 14.0. The van der Waals surface area contributed by atoms with Crippen LogP contribution in [0.3, 0.4) is 0 Å². The molecule has 1 amide bonds. The number of nitrogens with zero attached hydrogens (tertiary/aromatic N) is 1. The molecule has 1 aromatic carbocycles. The molecule has 0 radical (unpaired) electrons. The van der Waals surface area contributed by atoms with Crippen LogP contribution in [0.1, 0.15) is 27.3 Å². The average Bonchev–Trinajstić information content (AvgIpc) is 2.32. The summed E-state index contributed by atoms with van der Waals surface area (Å²) >= 11 is 0. The second-order valence-electron chi connectivity index (χ2n) is 4.56. The molecule has 0 aliphatic rings. The molecule has 0 aliphatic heterocycles. The van der Waals surface area contributed by atoms with Gasteiger partial charge in [0, 0.05) is 22.6 Å². The lowest BCUT2D eigenvalue weighted by molar-refractivity contribution is 0.102. The van der Waals surface area contributed by atoms with Gasteiger partial charge < -0.3 is 5.32 Å². The van der Waals surface area contributed by atoms with Gasteiger partial charge in [-0.2, -0.15) is 0 Å². The van der Waals surface area contributed by atoms with Gasteiger partial charge in [0.05, 0.1) is 0 Å². The number of hydrogen-bond acceptors (Lipinski definition) is 2. The molecule has 1 aromatic heterocycles. The highest BCUT2D eigenvalue weighted by molar-refractivity contribution is 6.04. The van der Waals surface area contributed by atoms with Gasteiger partial charge in [-0.1, -0.05) is 6.07 Å². The van der Waals surface area contributed by atoms with E-state index in [2.05, 4.69) is 10.3 Å². The highest BCUT2D eigenvalue weighted by atomic mass is 19.1. The molecule has 0 atom stereocenters. The minimum atomic E-state index is -0.333. The fourth-order valence-corrected chi connectivity index (χ4v) is 1.84. The normalized spacial score (nSPS) is 10.3. The van der Waals surface area contributed by atoms with E-state index in [9.17, 15) is 9.18 Å². The summed E-state index contributed by atoms with van der Waals surface area (Å²) < 4.78 is 13.4. The molecule has 0 spiro atoms. The Bertz CT molecular complexity index is 618. The maximum atomic E-state index is 13.4. The number of amides is 1. The number of aromatic nitrogens is 1. The maximum absolute atomic E-state index is 13.4. The number of aryl methyl sites for hydroxylation is 3. The second-order valence-corrected chi connectivity index (χ2v) is 4.56. The first-order valence-electron chi connectivity index (χ1n) is 5.98. The van der Waals surface area contributed by atoms with E-state index in [0.717, 1.165) is 11.4 Å². The summed E-state index contributed by atoms with van der Waals surface area (Å²) in [6.45, 7) is 5.33. The predicted octanol–water partition coefficient (Wildman–Crippen LogP) is 3.40. The van der Waals surface area contributed by atoms with Crippen LogP contribution in [0, 0.1) is 26.6 Å². The Morgan fingerprint density at radius 2 is 1.74 bits per heavy atom. The van der Waals surface area contributed by atoms with Crippen LogP contribution in [0.25, 0.3) is 0 Å². The van der Waals surface area contributed by atoms with Gasteiger partial charge >= 0.3 is 0 Å². The number of carbonyl (C=O) groups is 1. The van der Waals surface area contributed by atoms with E-state index in [4.69, 9.17) is 0 Å². The molecule has 1 heterocycles. The van der Waals surface area contributed by atoms with Gasteiger partial charge in [0.1, 0.15) is 5.82 Å². The van der Waals surface area contributed by atoms with Crippen molar-refractivity contribution in [1.82, 2.24) is 4.98 Å². The number of pyridine rings is 1. The number of anilines is 1. The number of rotatable bonds is 2. The second kappa shape index (κ2) is 5.18. The molecule has 2 aromatic rings. The Balaban J connectivity index is 2.22. The zero-order valence-electron chi connectivity index (χ0n) is 11.1. The van der Waals surface area contributed by atoms with Crippen molar-refractivity contribution in [3.05, 3.63) is 58.7 Å². The van der Waals surface area contributed by atoms with Gasteiger partial charge in [0.2, 0.25) is 0 Å². The van der Waals surface area contributed by atoms with E-state index in [-0.39, 0.29) is 11.7 Å². The van der Waals surface area contributed by atoms with Crippen molar-refractivity contribution in [2.45, 2.75) is 20.8 Å². The van der Waals surface area contributed by atoms with Crippen LogP contribution in [0.15, 0.2) is 30.3 Å². The molecule has 4 heteroatoms. The van der Waals surface area contributed by atoms with Crippen molar-refractivity contribution in [3.8, 4) is 0 Å². The summed E-state index contributed by atoms with van der Waals surface area (Å²) in [6.07, 6.45) is 0. The van der Waals surface area contributed by atoms with Crippen molar-refractivity contribution in [2.24, 2.45) is 0 Å². The molecule has 0 fully saturated rings. The molecule has 19 heavy (non-hydrogen) atoms. The van der Waals surface area contributed by atoms with Crippen LogP contribution in [0.5, 0.6) is 0 Å². The number of carbonyl (C=O) groups excluding carboxylic acids is 1. The number of benzene rings is 1. The first kappa shape index (κ1) is 13.2. The summed E-state index contributed by atoms with van der Waals surface area (Å²) in [5.74, 6) is -0.600.